The molecule has 0 bridgehead atoms. The molecule has 1 aromatic rings. The van der Waals surface area contributed by atoms with Crippen molar-refractivity contribution in [2.24, 2.45) is 0 Å². The van der Waals surface area contributed by atoms with Crippen LogP contribution in [0.3, 0.4) is 0 Å². The Balaban J connectivity index is 2.45. The largest absolute Gasteiger partial charge is 0.444 e. The fourth-order valence-electron chi connectivity index (χ4n) is 3.37. The summed E-state index contributed by atoms with van der Waals surface area (Å²) in [5.41, 5.74) is -1.72. The van der Waals surface area contributed by atoms with Crippen LogP contribution in [-0.2, 0) is 4.74 Å². The second kappa shape index (κ2) is 7.73. The molecular formula is C19H24Cl2FNO3. The average molecular weight is 404 g/mol. The summed E-state index contributed by atoms with van der Waals surface area (Å²) >= 11 is 12.0. The van der Waals surface area contributed by atoms with E-state index < -0.39 is 23.4 Å². The maximum Gasteiger partial charge on any atom is 0.411 e. The molecule has 2 atom stereocenters. The Morgan fingerprint density at radius 3 is 2.50 bits per heavy atom. The molecular weight excluding hydrogens is 380 g/mol. The molecule has 1 heterocycles. The van der Waals surface area contributed by atoms with Crippen LogP contribution >= 0.6 is 23.2 Å². The lowest BCUT2D eigenvalue weighted by Gasteiger charge is -2.37. The Kier molecular flexibility index (Phi) is 6.24. The highest BCUT2D eigenvalue weighted by Gasteiger charge is 2.54. The van der Waals surface area contributed by atoms with Crippen LogP contribution in [0.4, 0.5) is 9.18 Å². The summed E-state index contributed by atoms with van der Waals surface area (Å²) in [6.45, 7) is 6.92. The summed E-state index contributed by atoms with van der Waals surface area (Å²) in [4.78, 5) is 27.3. The number of benzene rings is 1. The molecule has 2 unspecified atom stereocenters. The zero-order valence-corrected chi connectivity index (χ0v) is 17.0. The first-order valence-electron chi connectivity index (χ1n) is 8.64. The SMILES string of the molecule is CCCC1(C(=O)c2ccc(Cl)c(Cl)c2)CC(F)CN1C(=O)OC(C)(C)C. The predicted octanol–water partition coefficient (Wildman–Crippen LogP) is 5.69. The highest BCUT2D eigenvalue weighted by molar-refractivity contribution is 6.42. The minimum Gasteiger partial charge on any atom is -0.444 e. The van der Waals surface area contributed by atoms with E-state index in [0.717, 1.165) is 0 Å². The molecule has 0 radical (unpaired) electrons. The number of rotatable bonds is 4. The van der Waals surface area contributed by atoms with Crippen molar-refractivity contribution in [3.63, 3.8) is 0 Å². The number of ether oxygens (including phenoxy) is 1. The molecule has 0 spiro atoms. The predicted molar refractivity (Wildman–Crippen MR) is 101 cm³/mol. The van der Waals surface area contributed by atoms with Crippen LogP contribution in [-0.4, -0.2) is 40.6 Å². The van der Waals surface area contributed by atoms with Crippen molar-refractivity contribution >= 4 is 35.1 Å². The first kappa shape index (κ1) is 21.0. The minimum absolute atomic E-state index is 0.0564. The van der Waals surface area contributed by atoms with Crippen molar-refractivity contribution in [3.05, 3.63) is 33.8 Å². The maximum absolute atomic E-state index is 14.4. The second-order valence-electron chi connectivity index (χ2n) is 7.63. The molecule has 0 aliphatic carbocycles. The van der Waals surface area contributed by atoms with Gasteiger partial charge in [0.05, 0.1) is 16.6 Å². The number of ketones is 1. The van der Waals surface area contributed by atoms with E-state index in [0.29, 0.717) is 23.4 Å². The lowest BCUT2D eigenvalue weighted by molar-refractivity contribution is 0.00704. The number of hydrogen-bond acceptors (Lipinski definition) is 3. The van der Waals surface area contributed by atoms with Crippen LogP contribution in [0, 0.1) is 0 Å². The summed E-state index contributed by atoms with van der Waals surface area (Å²) in [5, 5.41) is 0.564. The third-order valence-electron chi connectivity index (χ3n) is 4.34. The number of Topliss-reactive ketones (excluding diaryl/α,β-unsaturated/α-hetero) is 1. The Labute approximate surface area is 163 Å². The fourth-order valence-corrected chi connectivity index (χ4v) is 3.66. The number of likely N-dealkylation sites (tertiary alicyclic amines) is 1. The van der Waals surface area contributed by atoms with Crippen LogP contribution in [0.15, 0.2) is 18.2 Å². The third kappa shape index (κ3) is 4.32. The van der Waals surface area contributed by atoms with Crippen LogP contribution in [0.5, 0.6) is 0 Å². The molecule has 7 heteroatoms. The molecule has 0 N–H and O–H groups in total. The molecule has 0 aromatic heterocycles. The number of carbonyl (C=O) groups is 2. The van der Waals surface area contributed by atoms with Crippen LogP contribution in [0.25, 0.3) is 0 Å². The van der Waals surface area contributed by atoms with Crippen molar-refractivity contribution in [1.29, 1.82) is 0 Å². The summed E-state index contributed by atoms with van der Waals surface area (Å²) in [6.07, 6.45) is -1.08. The fraction of sp³-hybridized carbons (Fsp3) is 0.579. The van der Waals surface area contributed by atoms with Gasteiger partial charge in [-0.15, -0.1) is 0 Å². The van der Waals surface area contributed by atoms with E-state index in [2.05, 4.69) is 0 Å². The van der Waals surface area contributed by atoms with E-state index in [-0.39, 0.29) is 23.8 Å². The highest BCUT2D eigenvalue weighted by Crippen LogP contribution is 2.39. The lowest BCUT2D eigenvalue weighted by Crippen LogP contribution is -2.54. The molecule has 2 rings (SSSR count). The third-order valence-corrected chi connectivity index (χ3v) is 5.08. The van der Waals surface area contributed by atoms with Gasteiger partial charge in [0.1, 0.15) is 17.3 Å². The monoisotopic (exact) mass is 403 g/mol. The number of carbonyl (C=O) groups excluding carboxylic acids is 2. The summed E-state index contributed by atoms with van der Waals surface area (Å²) in [7, 11) is 0. The highest BCUT2D eigenvalue weighted by atomic mass is 35.5. The first-order chi connectivity index (χ1) is 12.0. The Hall–Kier alpha value is -1.33. The Bertz CT molecular complexity index is 705. The van der Waals surface area contributed by atoms with Crippen molar-refractivity contribution < 1.29 is 18.7 Å². The van der Waals surface area contributed by atoms with Gasteiger partial charge < -0.3 is 4.74 Å². The quantitative estimate of drug-likeness (QED) is 0.606. The molecule has 1 aromatic carbocycles. The van der Waals surface area contributed by atoms with Gasteiger partial charge in [0.25, 0.3) is 0 Å². The molecule has 1 amide bonds. The molecule has 1 aliphatic heterocycles. The summed E-state index contributed by atoms with van der Waals surface area (Å²) < 4.78 is 19.8. The molecule has 1 saturated heterocycles. The van der Waals surface area contributed by atoms with Gasteiger partial charge in [0.2, 0.25) is 0 Å². The first-order valence-corrected chi connectivity index (χ1v) is 9.40. The average Bonchev–Trinajstić information content (AvgIpc) is 2.86. The van der Waals surface area contributed by atoms with E-state index >= 15 is 0 Å². The summed E-state index contributed by atoms with van der Waals surface area (Å²) in [6, 6.07) is 4.53. The number of halogens is 3. The van der Waals surface area contributed by atoms with Gasteiger partial charge in [-0.3, -0.25) is 9.69 Å². The smallest absolute Gasteiger partial charge is 0.411 e. The molecule has 0 saturated carbocycles. The molecule has 1 fully saturated rings. The van der Waals surface area contributed by atoms with E-state index in [4.69, 9.17) is 27.9 Å². The summed E-state index contributed by atoms with van der Waals surface area (Å²) in [5.74, 6) is -0.344. The molecule has 26 heavy (non-hydrogen) atoms. The van der Waals surface area contributed by atoms with Crippen molar-refractivity contribution in [1.82, 2.24) is 4.90 Å². The minimum atomic E-state index is -1.29. The van der Waals surface area contributed by atoms with Crippen LogP contribution < -0.4 is 0 Å². The zero-order valence-electron chi connectivity index (χ0n) is 15.4. The standard InChI is InChI=1S/C19H24Cl2FNO3/c1-5-8-19(16(24)12-6-7-14(20)15(21)9-12)10-13(22)11-23(19)17(25)26-18(2,3)4/h6-7,9,13H,5,8,10-11H2,1-4H3. The van der Waals surface area contributed by atoms with Crippen molar-refractivity contribution in [2.45, 2.75) is 64.3 Å². The lowest BCUT2D eigenvalue weighted by atomic mass is 9.82. The van der Waals surface area contributed by atoms with Gasteiger partial charge >= 0.3 is 6.09 Å². The Morgan fingerprint density at radius 1 is 1.31 bits per heavy atom. The van der Waals surface area contributed by atoms with Gasteiger partial charge in [-0.25, -0.2) is 9.18 Å². The van der Waals surface area contributed by atoms with Gasteiger partial charge in [-0.1, -0.05) is 36.5 Å². The van der Waals surface area contributed by atoms with Crippen LogP contribution in [0.1, 0.15) is 57.3 Å². The number of hydrogen-bond donors (Lipinski definition) is 0. The van der Waals surface area contributed by atoms with E-state index in [1.807, 2.05) is 6.92 Å². The topological polar surface area (TPSA) is 46.6 Å². The number of amides is 1. The van der Waals surface area contributed by atoms with Gasteiger partial charge in [0, 0.05) is 12.0 Å². The van der Waals surface area contributed by atoms with E-state index in [1.54, 1.807) is 26.8 Å². The Morgan fingerprint density at radius 2 is 1.96 bits per heavy atom. The van der Waals surface area contributed by atoms with Crippen molar-refractivity contribution in [2.75, 3.05) is 6.54 Å². The molecule has 4 nitrogen and oxygen atoms in total. The van der Waals surface area contributed by atoms with Crippen molar-refractivity contribution in [3.8, 4) is 0 Å². The zero-order chi connectivity index (χ0) is 19.7. The van der Waals surface area contributed by atoms with Gasteiger partial charge in [-0.05, 0) is 45.4 Å². The van der Waals surface area contributed by atoms with Gasteiger partial charge in [-0.2, -0.15) is 0 Å². The number of alkyl halides is 1. The maximum atomic E-state index is 14.4. The normalized spacial score (nSPS) is 23.2. The molecule has 1 aliphatic rings. The van der Waals surface area contributed by atoms with E-state index in [9.17, 15) is 14.0 Å². The number of nitrogens with zero attached hydrogens (tertiary/aromatic N) is 1. The second-order valence-corrected chi connectivity index (χ2v) is 8.45. The van der Waals surface area contributed by atoms with E-state index in [1.165, 1.54) is 17.0 Å². The van der Waals surface area contributed by atoms with Crippen LogP contribution in [0.2, 0.25) is 10.0 Å². The van der Waals surface area contributed by atoms with Gasteiger partial charge in [0.15, 0.2) is 5.78 Å². The molecule has 144 valence electrons.